The van der Waals surface area contributed by atoms with Crippen molar-refractivity contribution < 1.29 is 33.5 Å². The molecule has 3 aromatic heterocycles. The van der Waals surface area contributed by atoms with E-state index in [1.54, 1.807) is 25.4 Å². The van der Waals surface area contributed by atoms with Gasteiger partial charge in [0.25, 0.3) is 0 Å². The number of rotatable bonds is 8. The van der Waals surface area contributed by atoms with Crippen LogP contribution in [0.1, 0.15) is 32.4 Å². The van der Waals surface area contributed by atoms with E-state index in [1.165, 1.54) is 43.1 Å². The number of esters is 1. The first-order valence-electron chi connectivity index (χ1n) is 14.5. The predicted octanol–water partition coefficient (Wildman–Crippen LogP) is 5.25. The molecule has 4 aromatic rings. The zero-order valence-electron chi connectivity index (χ0n) is 26.3. The number of nitrogens with zero attached hydrogens (tertiary/aromatic N) is 5. The molecule has 17 heteroatoms. The van der Waals surface area contributed by atoms with Crippen LogP contribution in [0.15, 0.2) is 46.2 Å². The molecule has 0 saturated carbocycles. The molecule has 0 radical (unpaired) electrons. The Morgan fingerprint density at radius 3 is 2.65 bits per heavy atom. The summed E-state index contributed by atoms with van der Waals surface area (Å²) < 4.78 is 27.4. The number of halogens is 2. The third kappa shape index (κ3) is 6.13. The van der Waals surface area contributed by atoms with Crippen LogP contribution in [0.4, 0.5) is 14.9 Å². The molecule has 1 aliphatic rings. The van der Waals surface area contributed by atoms with E-state index in [-0.39, 0.29) is 57.8 Å². The van der Waals surface area contributed by atoms with Crippen molar-refractivity contribution in [3.8, 4) is 28.3 Å². The van der Waals surface area contributed by atoms with Gasteiger partial charge < -0.3 is 24.8 Å². The van der Waals surface area contributed by atoms with E-state index >= 15 is 4.39 Å². The van der Waals surface area contributed by atoms with Crippen LogP contribution in [0.3, 0.4) is 0 Å². The molecule has 4 heterocycles. The molecule has 48 heavy (non-hydrogen) atoms. The van der Waals surface area contributed by atoms with Crippen molar-refractivity contribution in [2.75, 3.05) is 26.5 Å². The molecule has 1 fully saturated rings. The number of thioether (sulfide) groups is 1. The summed E-state index contributed by atoms with van der Waals surface area (Å²) in [5, 5.41) is 24.8. The summed E-state index contributed by atoms with van der Waals surface area (Å²) in [4.78, 5) is 61.7. The summed E-state index contributed by atoms with van der Waals surface area (Å²) in [5.74, 6) is -2.81. The number of piperazine rings is 1. The maximum absolute atomic E-state index is 15.4. The van der Waals surface area contributed by atoms with E-state index in [2.05, 4.69) is 15.3 Å². The SMILES string of the molecule is COc1cccc(F)c1-c1cc2c(nc1Cl)c(OC(=O)C1CN(C(=O)O)C(C)CN1)c([N+](=O)[O-])c(=O)n2-c1c(SC)ccnc1C(C)C. The molecule has 1 aromatic carbocycles. The topological polar surface area (TPSA) is 179 Å². The predicted molar refractivity (Wildman–Crippen MR) is 176 cm³/mol. The second-order valence-corrected chi connectivity index (χ2v) is 12.4. The number of hydrogen-bond acceptors (Lipinski definition) is 11. The lowest BCUT2D eigenvalue weighted by molar-refractivity contribution is -0.387. The third-order valence-corrected chi connectivity index (χ3v) is 8.95. The number of nitrogens with one attached hydrogen (secondary N) is 1. The number of methoxy groups -OCH3 is 1. The molecule has 1 saturated heterocycles. The summed E-state index contributed by atoms with van der Waals surface area (Å²) in [6.45, 7) is 5.06. The zero-order valence-corrected chi connectivity index (χ0v) is 27.9. The van der Waals surface area contributed by atoms with Crippen LogP contribution in [-0.2, 0) is 4.79 Å². The number of hydrogen-bond donors (Lipinski definition) is 2. The van der Waals surface area contributed by atoms with Crippen molar-refractivity contribution >= 4 is 52.1 Å². The number of nitro groups is 1. The van der Waals surface area contributed by atoms with E-state index in [0.29, 0.717) is 10.6 Å². The molecule has 5 rings (SSSR count). The van der Waals surface area contributed by atoms with Gasteiger partial charge in [0.1, 0.15) is 28.3 Å². The molecule has 2 unspecified atom stereocenters. The first-order valence-corrected chi connectivity index (χ1v) is 16.1. The van der Waals surface area contributed by atoms with Crippen LogP contribution in [-0.4, -0.2) is 80.1 Å². The van der Waals surface area contributed by atoms with Crippen molar-refractivity contribution in [2.24, 2.45) is 0 Å². The van der Waals surface area contributed by atoms with Crippen LogP contribution >= 0.6 is 23.4 Å². The van der Waals surface area contributed by atoms with Gasteiger partial charge in [-0.25, -0.2) is 19.0 Å². The monoisotopic (exact) mass is 700 g/mol. The standard InChI is InChI=1S/C31H30ClFN6O8S/c1-14(2)23-25(21(48-5)9-10-34-23)38-19-11-16(22-17(33)7-6-8-20(22)46-4)28(32)36-24(19)27(26(29(38)40)39(44)45)47-30(41)18-13-37(31(42)43)15(3)12-35-18/h6-11,14-15,18,35H,12-13H2,1-5H3,(H,42,43). The fraction of sp³-hybridized carbons (Fsp3) is 0.323. The van der Waals surface area contributed by atoms with Crippen LogP contribution in [0, 0.1) is 15.9 Å². The average Bonchev–Trinajstić information content (AvgIpc) is 3.04. The Hall–Kier alpha value is -4.80. The molecule has 2 N–H and O–H groups in total. The van der Waals surface area contributed by atoms with Gasteiger partial charge in [-0.15, -0.1) is 11.8 Å². The van der Waals surface area contributed by atoms with E-state index < -0.39 is 51.9 Å². The number of benzene rings is 1. The van der Waals surface area contributed by atoms with Crippen molar-refractivity contribution in [1.82, 2.24) is 24.8 Å². The number of pyridine rings is 3. The van der Waals surface area contributed by atoms with Gasteiger partial charge >= 0.3 is 23.3 Å². The molecule has 0 bridgehead atoms. The van der Waals surface area contributed by atoms with Crippen molar-refractivity contribution in [3.63, 3.8) is 0 Å². The number of amides is 1. The molecule has 2 atom stereocenters. The smallest absolute Gasteiger partial charge is 0.407 e. The number of fused-ring (bicyclic) bond motifs is 1. The summed E-state index contributed by atoms with van der Waals surface area (Å²) in [7, 11) is 1.33. The number of aromatic nitrogens is 3. The van der Waals surface area contributed by atoms with Crippen LogP contribution in [0.5, 0.6) is 11.5 Å². The fourth-order valence-corrected chi connectivity index (χ4v) is 6.38. The lowest BCUT2D eigenvalue weighted by Gasteiger charge is -2.35. The van der Waals surface area contributed by atoms with Crippen LogP contribution in [0.25, 0.3) is 27.8 Å². The minimum atomic E-state index is -1.27. The number of carbonyl (C=O) groups is 2. The largest absolute Gasteiger partial charge is 0.496 e. The summed E-state index contributed by atoms with van der Waals surface area (Å²) in [5.41, 5.74) is -2.26. The minimum Gasteiger partial charge on any atom is -0.496 e. The van der Waals surface area contributed by atoms with Gasteiger partial charge in [0.05, 0.1) is 41.0 Å². The molecule has 252 valence electrons. The second kappa shape index (κ2) is 13.7. The van der Waals surface area contributed by atoms with Gasteiger partial charge in [0.15, 0.2) is 0 Å². The Morgan fingerprint density at radius 2 is 2.02 bits per heavy atom. The number of carboxylic acid groups (broad SMARTS) is 1. The van der Waals surface area contributed by atoms with Gasteiger partial charge in [-0.3, -0.25) is 24.5 Å². The highest BCUT2D eigenvalue weighted by Crippen LogP contribution is 2.42. The highest BCUT2D eigenvalue weighted by Gasteiger charge is 2.38. The Kier molecular flexibility index (Phi) is 9.89. The quantitative estimate of drug-likeness (QED) is 0.0803. The Bertz CT molecular complexity index is 2030. The summed E-state index contributed by atoms with van der Waals surface area (Å²) in [6.07, 6.45) is 2.03. The summed E-state index contributed by atoms with van der Waals surface area (Å²) in [6, 6.07) is 5.35. The normalized spacial score (nSPS) is 16.3. The lowest BCUT2D eigenvalue weighted by Crippen LogP contribution is -2.60. The highest BCUT2D eigenvalue weighted by atomic mass is 35.5. The van der Waals surface area contributed by atoms with Crippen LogP contribution in [0.2, 0.25) is 5.15 Å². The van der Waals surface area contributed by atoms with Gasteiger partial charge in [-0.2, -0.15) is 0 Å². The summed E-state index contributed by atoms with van der Waals surface area (Å²) >= 11 is 7.90. The number of ether oxygens (including phenoxy) is 2. The van der Waals surface area contributed by atoms with Gasteiger partial charge in [-0.05, 0) is 43.4 Å². The Balaban J connectivity index is 1.88. The molecular formula is C31H30ClFN6O8S. The lowest BCUT2D eigenvalue weighted by atomic mass is 10.0. The number of carbonyl (C=O) groups excluding carboxylic acids is 1. The maximum atomic E-state index is 15.4. The first-order chi connectivity index (χ1) is 22.8. The van der Waals surface area contributed by atoms with Crippen molar-refractivity contribution in [1.29, 1.82) is 0 Å². The van der Waals surface area contributed by atoms with Crippen LogP contribution < -0.4 is 20.3 Å². The molecule has 0 spiro atoms. The van der Waals surface area contributed by atoms with Gasteiger partial charge in [0, 0.05) is 29.2 Å². The van der Waals surface area contributed by atoms with Gasteiger partial charge in [-0.1, -0.05) is 31.5 Å². The third-order valence-electron chi connectivity index (χ3n) is 7.89. The highest BCUT2D eigenvalue weighted by molar-refractivity contribution is 7.98. The van der Waals surface area contributed by atoms with E-state index in [9.17, 15) is 29.6 Å². The molecular weight excluding hydrogens is 671 g/mol. The van der Waals surface area contributed by atoms with E-state index in [0.717, 1.165) is 9.47 Å². The molecule has 1 aliphatic heterocycles. The maximum Gasteiger partial charge on any atom is 0.407 e. The minimum absolute atomic E-state index is 0.0147. The Morgan fingerprint density at radius 1 is 1.29 bits per heavy atom. The second-order valence-electron chi connectivity index (χ2n) is 11.2. The van der Waals surface area contributed by atoms with E-state index in [1.807, 2.05) is 13.8 Å². The average molecular weight is 701 g/mol. The first kappa shape index (κ1) is 34.5. The Labute approximate surface area is 282 Å². The molecule has 0 aliphatic carbocycles. The van der Waals surface area contributed by atoms with Crippen molar-refractivity contribution in [3.05, 3.63) is 73.7 Å². The van der Waals surface area contributed by atoms with E-state index in [4.69, 9.17) is 21.1 Å². The fourth-order valence-electron chi connectivity index (χ4n) is 5.56. The van der Waals surface area contributed by atoms with Gasteiger partial charge in [0.2, 0.25) is 5.75 Å². The molecule has 14 nitrogen and oxygen atoms in total. The zero-order chi connectivity index (χ0) is 35.0. The molecule has 1 amide bonds. The van der Waals surface area contributed by atoms with Crippen molar-refractivity contribution in [2.45, 2.75) is 43.7 Å².